The highest BCUT2D eigenvalue weighted by Gasteiger charge is 2.62. The molecule has 302 valence electrons. The zero-order chi connectivity index (χ0) is 40.6. The van der Waals surface area contributed by atoms with Gasteiger partial charge in [0.15, 0.2) is 18.0 Å². The van der Waals surface area contributed by atoms with Gasteiger partial charge in [0.25, 0.3) is 0 Å². The zero-order valence-corrected chi connectivity index (χ0v) is 33.3. The number of rotatable bonds is 16. The molecule has 1 aromatic carbocycles. The number of carbonyl (C=O) groups excluding carboxylic acids is 3. The average molecular weight is 798 g/mol. The summed E-state index contributed by atoms with van der Waals surface area (Å²) < 4.78 is 57.3. The van der Waals surface area contributed by atoms with Gasteiger partial charge < -0.3 is 33.1 Å². The van der Waals surface area contributed by atoms with Crippen LogP contribution in [-0.2, 0) is 47.2 Å². The number of nitrogens with one attached hydrogen (secondary N) is 1. The topological polar surface area (TPSA) is 214 Å². The second-order valence-corrected chi connectivity index (χ2v) is 15.9. The molecule has 0 spiro atoms. The quantitative estimate of drug-likeness (QED) is 0.0702. The number of esters is 3. The van der Waals surface area contributed by atoms with Gasteiger partial charge in [0.2, 0.25) is 5.60 Å². The molecule has 0 amide bonds. The fraction of sp³-hybridized carbons (Fsp3) is 0.541. The highest BCUT2D eigenvalue weighted by molar-refractivity contribution is 7.52. The summed E-state index contributed by atoms with van der Waals surface area (Å²) in [5.74, 6) is -3.02. The van der Waals surface area contributed by atoms with Crippen LogP contribution in [0.25, 0.3) is 5.52 Å². The number of carbonyl (C=O) groups is 3. The molecule has 5 rings (SSSR count). The van der Waals surface area contributed by atoms with E-state index < -0.39 is 80.2 Å². The third kappa shape index (κ3) is 10.1. The molecule has 2 fully saturated rings. The van der Waals surface area contributed by atoms with Crippen molar-refractivity contribution in [3.05, 3.63) is 54.5 Å². The van der Waals surface area contributed by atoms with Crippen LogP contribution in [0.15, 0.2) is 53.8 Å². The predicted molar refractivity (Wildman–Crippen MR) is 200 cm³/mol. The van der Waals surface area contributed by atoms with Crippen LogP contribution in [0, 0.1) is 23.2 Å². The molecule has 18 nitrogen and oxygen atoms in total. The van der Waals surface area contributed by atoms with Crippen LogP contribution < -0.4 is 9.61 Å². The molecule has 0 bridgehead atoms. The van der Waals surface area contributed by atoms with E-state index >= 15 is 0 Å². The normalized spacial score (nSPS) is 23.1. The maximum Gasteiger partial charge on any atom is 0.459 e. The lowest BCUT2D eigenvalue weighted by Gasteiger charge is -2.31. The monoisotopic (exact) mass is 797 g/mol. The van der Waals surface area contributed by atoms with E-state index in [0.717, 1.165) is 0 Å². The zero-order valence-electron chi connectivity index (χ0n) is 32.4. The van der Waals surface area contributed by atoms with Crippen LogP contribution in [0.4, 0.5) is 5.82 Å². The molecular formula is C37H48N7O11P. The summed E-state index contributed by atoms with van der Waals surface area (Å²) in [6, 6.07) is 12.2. The summed E-state index contributed by atoms with van der Waals surface area (Å²) >= 11 is 0. The molecule has 4 heterocycles. The summed E-state index contributed by atoms with van der Waals surface area (Å²) in [6.45, 7) is 7.86. The van der Waals surface area contributed by atoms with Crippen molar-refractivity contribution in [3.63, 3.8) is 0 Å². The van der Waals surface area contributed by atoms with Gasteiger partial charge in [0, 0.05) is 26.9 Å². The van der Waals surface area contributed by atoms with E-state index in [2.05, 4.69) is 26.2 Å². The Morgan fingerprint density at radius 3 is 2.36 bits per heavy atom. The van der Waals surface area contributed by atoms with E-state index in [1.807, 2.05) is 0 Å². The van der Waals surface area contributed by atoms with Crippen LogP contribution in [0.5, 0.6) is 5.75 Å². The van der Waals surface area contributed by atoms with Gasteiger partial charge in [-0.15, -0.1) is 0 Å². The van der Waals surface area contributed by atoms with Crippen molar-refractivity contribution >= 4 is 43.3 Å². The lowest BCUT2D eigenvalue weighted by molar-refractivity contribution is -0.173. The molecule has 6 atom stereocenters. The largest absolute Gasteiger partial charge is 0.461 e. The first-order valence-electron chi connectivity index (χ1n) is 18.2. The van der Waals surface area contributed by atoms with Crippen molar-refractivity contribution in [1.82, 2.24) is 24.6 Å². The first-order chi connectivity index (χ1) is 26.6. The number of aliphatic imine (C=N–C) groups is 1. The van der Waals surface area contributed by atoms with Gasteiger partial charge in [-0.2, -0.15) is 15.4 Å². The van der Waals surface area contributed by atoms with E-state index in [0.29, 0.717) is 43.1 Å². The van der Waals surface area contributed by atoms with Gasteiger partial charge in [0.05, 0.1) is 37.1 Å². The summed E-state index contributed by atoms with van der Waals surface area (Å²) in [7, 11) is -1.00. The fourth-order valence-electron chi connectivity index (χ4n) is 5.74. The number of hydrogen-bond donors (Lipinski definition) is 1. The van der Waals surface area contributed by atoms with Crippen molar-refractivity contribution < 1.29 is 51.7 Å². The van der Waals surface area contributed by atoms with Gasteiger partial charge in [-0.05, 0) is 31.2 Å². The van der Waals surface area contributed by atoms with Crippen molar-refractivity contribution in [2.45, 2.75) is 83.5 Å². The Balaban J connectivity index is 1.54. The first-order valence-corrected chi connectivity index (χ1v) is 19.8. The molecule has 1 N–H and O–H groups in total. The Bertz CT molecular complexity index is 1960. The molecule has 2 saturated heterocycles. The number of benzene rings is 1. The van der Waals surface area contributed by atoms with Crippen LogP contribution in [-0.4, -0.2) is 108 Å². The van der Waals surface area contributed by atoms with Crippen molar-refractivity contribution in [3.8, 4) is 11.8 Å². The number of aromatic nitrogens is 3. The van der Waals surface area contributed by atoms with Gasteiger partial charge in [-0.25, -0.2) is 19.1 Å². The molecule has 0 unspecified atom stereocenters. The maximum atomic E-state index is 14.6. The summed E-state index contributed by atoms with van der Waals surface area (Å²) in [5.41, 5.74) is -1.53. The molecule has 3 aromatic rings. The molecule has 19 heteroatoms. The number of nitriles is 1. The van der Waals surface area contributed by atoms with E-state index in [9.17, 15) is 24.2 Å². The van der Waals surface area contributed by atoms with E-state index in [1.165, 1.54) is 29.9 Å². The highest BCUT2D eigenvalue weighted by Crippen LogP contribution is 2.50. The van der Waals surface area contributed by atoms with Gasteiger partial charge >= 0.3 is 25.7 Å². The van der Waals surface area contributed by atoms with E-state index in [-0.39, 0.29) is 5.75 Å². The molecule has 2 aliphatic rings. The van der Waals surface area contributed by atoms with Gasteiger partial charge in [0.1, 0.15) is 48.5 Å². The lowest BCUT2D eigenvalue weighted by Crippen LogP contribution is -2.50. The standard InChI is InChI=1S/C37H48N7O11P/c1-23(2)34(45)52-31-30(28-13-14-29-33(40-22-43(6)7)39-21-41-44(28)29)54-37(19-38,32(31)53-35(46)24(3)4)20-50-56(48,55-27-11-9-8-10-12-27)42-25(5)36(47)51-26-15-17-49-18-16-26/h8-14,21-26,30-32H,15-18,20H2,1-7H3,(H,42,48)/t25-,30-,31-,32-,37+,56-/m0/s1. The van der Waals surface area contributed by atoms with Crippen molar-refractivity contribution in [1.29, 1.82) is 5.26 Å². The van der Waals surface area contributed by atoms with Crippen LogP contribution >= 0.6 is 7.75 Å². The molecule has 0 radical (unpaired) electrons. The number of hydrogen-bond acceptors (Lipinski definition) is 15. The van der Waals surface area contributed by atoms with Crippen molar-refractivity contribution in [2.75, 3.05) is 33.9 Å². The smallest absolute Gasteiger partial charge is 0.459 e. The second-order valence-electron chi connectivity index (χ2n) is 14.2. The number of nitrogens with zero attached hydrogens (tertiary/aromatic N) is 6. The summed E-state index contributed by atoms with van der Waals surface area (Å²) in [5, 5.41) is 18.0. The maximum absolute atomic E-state index is 14.6. The minimum Gasteiger partial charge on any atom is -0.461 e. The molecule has 0 saturated carbocycles. The van der Waals surface area contributed by atoms with Crippen LogP contribution in [0.1, 0.15) is 59.3 Å². The Morgan fingerprint density at radius 2 is 1.71 bits per heavy atom. The Labute approximate surface area is 325 Å². The average Bonchev–Trinajstić information content (AvgIpc) is 3.73. The van der Waals surface area contributed by atoms with Crippen molar-refractivity contribution in [2.24, 2.45) is 16.8 Å². The predicted octanol–water partition coefficient (Wildman–Crippen LogP) is 4.32. The van der Waals surface area contributed by atoms with E-state index in [4.69, 9.17) is 32.7 Å². The number of ether oxygens (including phenoxy) is 5. The van der Waals surface area contributed by atoms with E-state index in [1.54, 1.807) is 83.4 Å². The second kappa shape index (κ2) is 18.4. The summed E-state index contributed by atoms with van der Waals surface area (Å²) in [6.07, 6.45) is -0.922. The SMILES string of the molecule is CC(C)C(=O)O[C@H]1[C@H](c2ccc3c(N=CN(C)C)ncnn23)O[C@](C#N)(CO[P@@](=O)(N[C@@H](C)C(=O)OC2CCOCC2)Oc2ccccc2)[C@H]1OC(=O)C(C)C. The first kappa shape index (κ1) is 42.2. The lowest BCUT2D eigenvalue weighted by atomic mass is 9.95. The number of fused-ring (bicyclic) bond motifs is 1. The van der Waals surface area contributed by atoms with Crippen LogP contribution in [0.2, 0.25) is 0 Å². The third-order valence-corrected chi connectivity index (χ3v) is 10.4. The molecule has 2 aromatic heterocycles. The number of para-hydroxylation sites is 1. The highest BCUT2D eigenvalue weighted by atomic mass is 31.2. The van der Waals surface area contributed by atoms with Gasteiger partial charge in [-0.1, -0.05) is 45.9 Å². The third-order valence-electron chi connectivity index (χ3n) is 8.76. The van der Waals surface area contributed by atoms with Gasteiger partial charge in [-0.3, -0.25) is 18.9 Å². The summed E-state index contributed by atoms with van der Waals surface area (Å²) in [4.78, 5) is 50.2. The Morgan fingerprint density at radius 1 is 1.04 bits per heavy atom. The minimum atomic E-state index is -4.60. The molecule has 56 heavy (non-hydrogen) atoms. The molecule has 2 aliphatic heterocycles. The Kier molecular flexibility index (Phi) is 13.8. The molecule has 0 aliphatic carbocycles. The van der Waals surface area contributed by atoms with Crippen LogP contribution in [0.3, 0.4) is 0 Å². The molecular weight excluding hydrogens is 749 g/mol. The Hall–Kier alpha value is -4.92. The fourth-order valence-corrected chi connectivity index (χ4v) is 7.26. The minimum absolute atomic E-state index is 0.114.